The zero-order chi connectivity index (χ0) is 13.1. The molecule has 3 rings (SSSR count). The van der Waals surface area contributed by atoms with E-state index in [-0.39, 0.29) is 0 Å². The first kappa shape index (κ1) is 12.0. The van der Waals surface area contributed by atoms with Gasteiger partial charge in [0, 0.05) is 16.6 Å². The fourth-order valence-corrected chi connectivity index (χ4v) is 2.77. The number of aromatic amines is 1. The number of aryl methyl sites for hydroxylation is 3. The number of H-pyrrole nitrogens is 1. The van der Waals surface area contributed by atoms with E-state index >= 15 is 0 Å². The van der Waals surface area contributed by atoms with Crippen molar-refractivity contribution in [1.82, 2.24) is 4.98 Å². The largest absolute Gasteiger partial charge is 0.358 e. The van der Waals surface area contributed by atoms with Gasteiger partial charge < -0.3 is 4.98 Å². The lowest BCUT2D eigenvalue weighted by atomic mass is 10.0. The highest BCUT2D eigenvalue weighted by molar-refractivity contribution is 5.84. The highest BCUT2D eigenvalue weighted by Gasteiger charge is 2.07. The van der Waals surface area contributed by atoms with Crippen LogP contribution in [0, 0.1) is 6.92 Å². The number of fused-ring (bicyclic) bond motifs is 1. The highest BCUT2D eigenvalue weighted by atomic mass is 14.7. The molecule has 1 N–H and O–H groups in total. The molecule has 96 valence electrons. The van der Waals surface area contributed by atoms with Crippen LogP contribution in [-0.2, 0) is 12.8 Å². The van der Waals surface area contributed by atoms with Crippen LogP contribution in [0.5, 0.6) is 0 Å². The summed E-state index contributed by atoms with van der Waals surface area (Å²) in [7, 11) is 0. The van der Waals surface area contributed by atoms with E-state index in [2.05, 4.69) is 66.5 Å². The van der Waals surface area contributed by atoms with Crippen molar-refractivity contribution in [3.63, 3.8) is 0 Å². The summed E-state index contributed by atoms with van der Waals surface area (Å²) in [6.07, 6.45) is 3.50. The first-order valence-corrected chi connectivity index (χ1v) is 6.95. The Balaban J connectivity index is 1.73. The predicted molar refractivity (Wildman–Crippen MR) is 81.5 cm³/mol. The summed E-state index contributed by atoms with van der Waals surface area (Å²) in [5.74, 6) is 0. The van der Waals surface area contributed by atoms with Crippen molar-refractivity contribution in [2.75, 3.05) is 0 Å². The van der Waals surface area contributed by atoms with Gasteiger partial charge in [0.25, 0.3) is 0 Å². The second kappa shape index (κ2) is 5.31. The van der Waals surface area contributed by atoms with E-state index in [9.17, 15) is 0 Å². The van der Waals surface area contributed by atoms with Gasteiger partial charge in [-0.2, -0.15) is 0 Å². The summed E-state index contributed by atoms with van der Waals surface area (Å²) >= 11 is 0. The molecule has 0 spiro atoms. The molecule has 0 saturated heterocycles. The average Bonchev–Trinajstić information content (AvgIpc) is 2.76. The Bertz CT molecular complexity index is 664. The molecule has 0 saturated carbocycles. The van der Waals surface area contributed by atoms with Crippen molar-refractivity contribution < 1.29 is 0 Å². The van der Waals surface area contributed by atoms with E-state index in [0.29, 0.717) is 0 Å². The molecule has 1 nitrogen and oxygen atoms in total. The molecular weight excluding hydrogens is 230 g/mol. The van der Waals surface area contributed by atoms with Crippen molar-refractivity contribution in [2.24, 2.45) is 0 Å². The number of nitrogens with one attached hydrogen (secondary N) is 1. The quantitative estimate of drug-likeness (QED) is 0.692. The average molecular weight is 249 g/mol. The Hall–Kier alpha value is -2.02. The highest BCUT2D eigenvalue weighted by Crippen LogP contribution is 2.23. The van der Waals surface area contributed by atoms with E-state index in [1.165, 1.54) is 34.1 Å². The SMILES string of the molecule is Cc1[nH]c2ccccc2c1CCCc1ccccc1. The van der Waals surface area contributed by atoms with E-state index in [0.717, 1.165) is 12.8 Å². The van der Waals surface area contributed by atoms with Crippen LogP contribution in [-0.4, -0.2) is 4.98 Å². The third kappa shape index (κ3) is 2.55. The molecule has 0 aliphatic rings. The molecule has 0 unspecified atom stereocenters. The Labute approximate surface area is 114 Å². The molecule has 0 fully saturated rings. The van der Waals surface area contributed by atoms with Crippen molar-refractivity contribution in [3.05, 3.63) is 71.4 Å². The molecule has 0 amide bonds. The zero-order valence-corrected chi connectivity index (χ0v) is 11.3. The molecule has 0 bridgehead atoms. The van der Waals surface area contributed by atoms with Crippen LogP contribution in [0.2, 0.25) is 0 Å². The molecule has 1 aromatic heterocycles. The summed E-state index contributed by atoms with van der Waals surface area (Å²) < 4.78 is 0. The van der Waals surface area contributed by atoms with Crippen LogP contribution in [0.4, 0.5) is 0 Å². The number of para-hydroxylation sites is 1. The summed E-state index contributed by atoms with van der Waals surface area (Å²) in [5, 5.41) is 1.38. The summed E-state index contributed by atoms with van der Waals surface area (Å²) in [6, 6.07) is 19.3. The second-order valence-electron chi connectivity index (χ2n) is 5.11. The van der Waals surface area contributed by atoms with E-state index in [1.54, 1.807) is 0 Å². The first-order valence-electron chi connectivity index (χ1n) is 6.95. The smallest absolute Gasteiger partial charge is 0.0458 e. The number of hydrogen-bond donors (Lipinski definition) is 1. The number of hydrogen-bond acceptors (Lipinski definition) is 0. The summed E-state index contributed by atoms with van der Waals surface area (Å²) in [5.41, 5.74) is 5.48. The minimum absolute atomic E-state index is 1.14. The second-order valence-corrected chi connectivity index (χ2v) is 5.11. The maximum atomic E-state index is 3.48. The molecular formula is C18H19N. The predicted octanol–water partition coefficient (Wildman–Crippen LogP) is 4.65. The van der Waals surface area contributed by atoms with E-state index in [4.69, 9.17) is 0 Å². The summed E-state index contributed by atoms with van der Waals surface area (Å²) in [6.45, 7) is 2.18. The molecule has 1 heteroatoms. The van der Waals surface area contributed by atoms with Gasteiger partial charge in [-0.1, -0.05) is 48.5 Å². The van der Waals surface area contributed by atoms with Crippen LogP contribution in [0.25, 0.3) is 10.9 Å². The van der Waals surface area contributed by atoms with Gasteiger partial charge >= 0.3 is 0 Å². The van der Waals surface area contributed by atoms with E-state index in [1.807, 2.05) is 0 Å². The zero-order valence-electron chi connectivity index (χ0n) is 11.3. The van der Waals surface area contributed by atoms with Crippen molar-refractivity contribution in [2.45, 2.75) is 26.2 Å². The number of rotatable bonds is 4. The Morgan fingerprint density at radius 3 is 2.42 bits per heavy atom. The maximum Gasteiger partial charge on any atom is 0.0458 e. The third-order valence-corrected chi connectivity index (χ3v) is 3.76. The standard InChI is InChI=1S/C18H19N/c1-14-16(17-11-5-6-13-18(17)19-14)12-7-10-15-8-3-2-4-9-15/h2-6,8-9,11,13,19H,7,10,12H2,1H3. The topological polar surface area (TPSA) is 15.8 Å². The number of aromatic nitrogens is 1. The van der Waals surface area contributed by atoms with Crippen LogP contribution >= 0.6 is 0 Å². The lowest BCUT2D eigenvalue weighted by molar-refractivity contribution is 0.820. The lowest BCUT2D eigenvalue weighted by Crippen LogP contribution is -1.91. The van der Waals surface area contributed by atoms with Gasteiger partial charge in [-0.3, -0.25) is 0 Å². The van der Waals surface area contributed by atoms with Crippen LogP contribution in [0.3, 0.4) is 0 Å². The van der Waals surface area contributed by atoms with Crippen molar-refractivity contribution in [1.29, 1.82) is 0 Å². The van der Waals surface area contributed by atoms with Gasteiger partial charge in [0.05, 0.1) is 0 Å². The molecule has 1 heterocycles. The molecule has 0 atom stereocenters. The lowest BCUT2D eigenvalue weighted by Gasteiger charge is -2.03. The normalized spacial score (nSPS) is 11.0. The van der Waals surface area contributed by atoms with Gasteiger partial charge in [0.15, 0.2) is 0 Å². The van der Waals surface area contributed by atoms with Gasteiger partial charge in [-0.05, 0) is 43.4 Å². The fourth-order valence-electron chi connectivity index (χ4n) is 2.77. The third-order valence-electron chi connectivity index (χ3n) is 3.76. The van der Waals surface area contributed by atoms with Gasteiger partial charge in [0.1, 0.15) is 0 Å². The summed E-state index contributed by atoms with van der Waals surface area (Å²) in [4.78, 5) is 3.48. The van der Waals surface area contributed by atoms with E-state index < -0.39 is 0 Å². The monoisotopic (exact) mass is 249 g/mol. The Kier molecular flexibility index (Phi) is 3.37. The molecule has 2 aromatic carbocycles. The fraction of sp³-hybridized carbons (Fsp3) is 0.222. The van der Waals surface area contributed by atoms with Crippen LogP contribution in [0.1, 0.15) is 23.2 Å². The van der Waals surface area contributed by atoms with Crippen molar-refractivity contribution in [3.8, 4) is 0 Å². The minimum atomic E-state index is 1.14. The van der Waals surface area contributed by atoms with Gasteiger partial charge in [0.2, 0.25) is 0 Å². The van der Waals surface area contributed by atoms with Crippen LogP contribution < -0.4 is 0 Å². The molecule has 0 aliphatic carbocycles. The minimum Gasteiger partial charge on any atom is -0.358 e. The Morgan fingerprint density at radius 1 is 0.842 bits per heavy atom. The van der Waals surface area contributed by atoms with Gasteiger partial charge in [-0.15, -0.1) is 0 Å². The maximum absolute atomic E-state index is 3.48. The molecule has 19 heavy (non-hydrogen) atoms. The van der Waals surface area contributed by atoms with Crippen LogP contribution in [0.15, 0.2) is 54.6 Å². The van der Waals surface area contributed by atoms with Gasteiger partial charge in [-0.25, -0.2) is 0 Å². The molecule has 0 radical (unpaired) electrons. The Morgan fingerprint density at radius 2 is 1.58 bits per heavy atom. The molecule has 0 aliphatic heterocycles. The molecule has 3 aromatic rings. The number of benzene rings is 2. The van der Waals surface area contributed by atoms with Crippen molar-refractivity contribution >= 4 is 10.9 Å². The first-order chi connectivity index (χ1) is 9.34.